The molecule has 0 aliphatic carbocycles. The fraction of sp³-hybridized carbons (Fsp3) is 0.875. The van der Waals surface area contributed by atoms with E-state index in [-0.39, 0.29) is 24.4 Å². The van der Waals surface area contributed by atoms with Gasteiger partial charge in [0.1, 0.15) is 5.88 Å². The van der Waals surface area contributed by atoms with Crippen LogP contribution in [0, 0.1) is 5.92 Å². The second-order valence-corrected chi connectivity index (χ2v) is 4.72. The number of nitrogens with two attached hydrogens (primary N) is 1. The van der Waals surface area contributed by atoms with Crippen LogP contribution < -0.4 is 5.73 Å². The number of carbonyl (C=O) groups is 1. The SMILES string of the molecule is NC1CC(CC(=O)O)CCN1CS(=O)O. The first kappa shape index (κ1) is 12.6. The lowest BCUT2D eigenvalue weighted by molar-refractivity contribution is -0.138. The van der Waals surface area contributed by atoms with Crippen molar-refractivity contribution in [3.05, 3.63) is 0 Å². The van der Waals surface area contributed by atoms with Crippen molar-refractivity contribution in [3.8, 4) is 0 Å². The predicted molar refractivity (Wildman–Crippen MR) is 55.3 cm³/mol. The average Bonchev–Trinajstić information content (AvgIpc) is 2.08. The highest BCUT2D eigenvalue weighted by molar-refractivity contribution is 7.79. The molecule has 0 bridgehead atoms. The quantitative estimate of drug-likeness (QED) is 0.576. The van der Waals surface area contributed by atoms with Gasteiger partial charge in [0.05, 0.1) is 6.17 Å². The van der Waals surface area contributed by atoms with Crippen LogP contribution in [0.2, 0.25) is 0 Å². The predicted octanol–water partition coefficient (Wildman–Crippen LogP) is -0.363. The second kappa shape index (κ2) is 5.55. The summed E-state index contributed by atoms with van der Waals surface area (Å²) >= 11 is -1.88. The molecule has 0 saturated carbocycles. The highest BCUT2D eigenvalue weighted by atomic mass is 32.2. The molecule has 0 aromatic rings. The van der Waals surface area contributed by atoms with Crippen LogP contribution in [0.4, 0.5) is 0 Å². The molecular formula is C8H16N2O4S. The zero-order valence-electron chi connectivity index (χ0n) is 8.33. The monoisotopic (exact) mass is 236 g/mol. The number of likely N-dealkylation sites (tertiary alicyclic amines) is 1. The molecule has 1 fully saturated rings. The van der Waals surface area contributed by atoms with Crippen molar-refractivity contribution in [1.82, 2.24) is 4.90 Å². The summed E-state index contributed by atoms with van der Waals surface area (Å²) in [5.41, 5.74) is 5.78. The van der Waals surface area contributed by atoms with Crippen molar-refractivity contribution in [2.75, 3.05) is 12.4 Å². The number of aliphatic carboxylic acids is 1. The minimum Gasteiger partial charge on any atom is -0.481 e. The van der Waals surface area contributed by atoms with Crippen LogP contribution in [0.25, 0.3) is 0 Å². The number of carboxylic acid groups (broad SMARTS) is 1. The van der Waals surface area contributed by atoms with Crippen molar-refractivity contribution < 1.29 is 18.7 Å². The molecule has 0 amide bonds. The van der Waals surface area contributed by atoms with Gasteiger partial charge in [-0.25, -0.2) is 4.21 Å². The molecule has 88 valence electrons. The fourth-order valence-electron chi connectivity index (χ4n) is 1.86. The molecule has 7 heteroatoms. The Morgan fingerprint density at radius 2 is 2.27 bits per heavy atom. The number of nitrogens with zero attached hydrogens (tertiary/aromatic N) is 1. The molecule has 3 unspecified atom stereocenters. The van der Waals surface area contributed by atoms with Gasteiger partial charge in [0.15, 0.2) is 11.1 Å². The van der Waals surface area contributed by atoms with Crippen molar-refractivity contribution in [3.63, 3.8) is 0 Å². The maximum atomic E-state index is 10.6. The van der Waals surface area contributed by atoms with E-state index >= 15 is 0 Å². The largest absolute Gasteiger partial charge is 0.481 e. The van der Waals surface area contributed by atoms with Gasteiger partial charge in [-0.3, -0.25) is 9.69 Å². The van der Waals surface area contributed by atoms with E-state index < -0.39 is 17.0 Å². The Bertz CT molecular complexity index is 261. The third-order valence-corrected chi connectivity index (χ3v) is 3.16. The lowest BCUT2D eigenvalue weighted by Gasteiger charge is -2.35. The van der Waals surface area contributed by atoms with Gasteiger partial charge in [-0.1, -0.05) is 0 Å². The number of carboxylic acids is 1. The summed E-state index contributed by atoms with van der Waals surface area (Å²) in [5.74, 6) is -0.687. The molecule has 1 aliphatic heterocycles. The highest BCUT2D eigenvalue weighted by Gasteiger charge is 2.27. The zero-order valence-corrected chi connectivity index (χ0v) is 9.15. The van der Waals surface area contributed by atoms with Gasteiger partial charge in [-0.15, -0.1) is 0 Å². The van der Waals surface area contributed by atoms with E-state index in [1.54, 1.807) is 4.90 Å². The van der Waals surface area contributed by atoms with E-state index in [9.17, 15) is 9.00 Å². The molecule has 0 radical (unpaired) electrons. The van der Waals surface area contributed by atoms with E-state index in [2.05, 4.69) is 0 Å². The first-order valence-corrected chi connectivity index (χ1v) is 6.05. The van der Waals surface area contributed by atoms with E-state index in [1.165, 1.54) is 0 Å². The molecule has 1 heterocycles. The Morgan fingerprint density at radius 3 is 2.73 bits per heavy atom. The van der Waals surface area contributed by atoms with Crippen molar-refractivity contribution in [2.45, 2.75) is 25.4 Å². The Labute approximate surface area is 90.7 Å². The summed E-state index contributed by atoms with van der Waals surface area (Å²) in [7, 11) is 0. The van der Waals surface area contributed by atoms with Gasteiger partial charge < -0.3 is 15.4 Å². The maximum Gasteiger partial charge on any atom is 0.303 e. The lowest BCUT2D eigenvalue weighted by atomic mass is 9.92. The lowest BCUT2D eigenvalue weighted by Crippen LogP contribution is -2.49. The van der Waals surface area contributed by atoms with Crippen LogP contribution in [0.1, 0.15) is 19.3 Å². The van der Waals surface area contributed by atoms with Gasteiger partial charge in [0, 0.05) is 13.0 Å². The molecule has 0 aromatic heterocycles. The average molecular weight is 236 g/mol. The molecule has 0 aromatic carbocycles. The molecule has 3 atom stereocenters. The van der Waals surface area contributed by atoms with Gasteiger partial charge in [0.2, 0.25) is 0 Å². The van der Waals surface area contributed by atoms with Crippen LogP contribution in [0.3, 0.4) is 0 Å². The Morgan fingerprint density at radius 1 is 1.60 bits per heavy atom. The topological polar surface area (TPSA) is 104 Å². The molecule has 15 heavy (non-hydrogen) atoms. The first-order chi connectivity index (χ1) is 6.99. The molecular weight excluding hydrogens is 220 g/mol. The van der Waals surface area contributed by atoms with Crippen LogP contribution in [0.15, 0.2) is 0 Å². The second-order valence-electron chi connectivity index (χ2n) is 3.82. The van der Waals surface area contributed by atoms with Gasteiger partial charge >= 0.3 is 5.97 Å². The molecule has 1 rings (SSSR count). The summed E-state index contributed by atoms with van der Waals surface area (Å²) in [6.45, 7) is 0.589. The number of rotatable bonds is 4. The van der Waals surface area contributed by atoms with Gasteiger partial charge in [0.25, 0.3) is 0 Å². The van der Waals surface area contributed by atoms with E-state index in [0.717, 1.165) is 6.42 Å². The normalized spacial score (nSPS) is 30.0. The van der Waals surface area contributed by atoms with Crippen LogP contribution in [-0.4, -0.2) is 43.3 Å². The van der Waals surface area contributed by atoms with Crippen molar-refractivity contribution in [2.24, 2.45) is 11.7 Å². The van der Waals surface area contributed by atoms with Crippen molar-refractivity contribution >= 4 is 17.0 Å². The fourth-order valence-corrected chi connectivity index (χ4v) is 2.46. The standard InChI is InChI=1S/C8H16N2O4S/c9-7-3-6(4-8(11)12)1-2-10(7)5-15(13)14/h6-7H,1-5,9H2,(H,11,12)(H,13,14). The summed E-state index contributed by atoms with van der Waals surface area (Å²) in [4.78, 5) is 12.2. The van der Waals surface area contributed by atoms with Gasteiger partial charge in [-0.2, -0.15) is 0 Å². The van der Waals surface area contributed by atoms with E-state index in [1.807, 2.05) is 0 Å². The van der Waals surface area contributed by atoms with E-state index in [4.69, 9.17) is 15.4 Å². The number of piperidine rings is 1. The molecule has 6 nitrogen and oxygen atoms in total. The highest BCUT2D eigenvalue weighted by Crippen LogP contribution is 2.23. The summed E-state index contributed by atoms with van der Waals surface area (Å²) in [6, 6.07) is 0. The van der Waals surface area contributed by atoms with Crippen molar-refractivity contribution in [1.29, 1.82) is 0 Å². The summed E-state index contributed by atoms with van der Waals surface area (Å²) < 4.78 is 19.3. The minimum absolute atomic E-state index is 0.0426. The molecule has 1 aliphatic rings. The van der Waals surface area contributed by atoms with Crippen LogP contribution in [0.5, 0.6) is 0 Å². The van der Waals surface area contributed by atoms with Crippen LogP contribution >= 0.6 is 0 Å². The number of hydrogen-bond donors (Lipinski definition) is 3. The third-order valence-electron chi connectivity index (χ3n) is 2.61. The Kier molecular flexibility index (Phi) is 4.65. The van der Waals surface area contributed by atoms with E-state index in [0.29, 0.717) is 13.0 Å². The zero-order chi connectivity index (χ0) is 11.4. The summed E-state index contributed by atoms with van der Waals surface area (Å²) in [5, 5.41) is 8.62. The first-order valence-electron chi connectivity index (χ1n) is 4.78. The molecule has 4 N–H and O–H groups in total. The minimum atomic E-state index is -1.88. The molecule has 1 saturated heterocycles. The Hall–Kier alpha value is -0.500. The number of hydrogen-bond acceptors (Lipinski definition) is 4. The molecule has 0 spiro atoms. The third kappa shape index (κ3) is 4.25. The van der Waals surface area contributed by atoms with Crippen LogP contribution in [-0.2, 0) is 15.9 Å². The van der Waals surface area contributed by atoms with Gasteiger partial charge in [-0.05, 0) is 18.8 Å². The maximum absolute atomic E-state index is 10.6. The Balaban J connectivity index is 2.40. The smallest absolute Gasteiger partial charge is 0.303 e. The summed E-state index contributed by atoms with van der Waals surface area (Å²) in [6.07, 6.45) is 1.11.